The summed E-state index contributed by atoms with van der Waals surface area (Å²) in [5.74, 6) is 0. The molecule has 30 heavy (non-hydrogen) atoms. The van der Waals surface area contributed by atoms with Crippen molar-refractivity contribution in [2.75, 3.05) is 6.54 Å². The van der Waals surface area contributed by atoms with Crippen molar-refractivity contribution in [2.24, 2.45) is 0 Å². The first-order valence-corrected chi connectivity index (χ1v) is 14.5. The Morgan fingerprint density at radius 3 is 2.77 bits per heavy atom. The molecule has 6 nitrogen and oxygen atoms in total. The minimum Gasteiger partial charge on any atom is -0.465 e. The highest BCUT2D eigenvalue weighted by atomic mass is 79.9. The lowest BCUT2D eigenvalue weighted by Gasteiger charge is -2.46. The summed E-state index contributed by atoms with van der Waals surface area (Å²) in [6.45, 7) is 12.6. The topological polar surface area (TPSA) is 67.6 Å². The van der Waals surface area contributed by atoms with E-state index in [0.29, 0.717) is 6.54 Å². The Kier molecular flexibility index (Phi) is 6.99. The zero-order valence-corrected chi connectivity index (χ0v) is 21.3. The van der Waals surface area contributed by atoms with Gasteiger partial charge in [-0.2, -0.15) is 0 Å². The number of benzene rings is 1. The molecule has 1 saturated heterocycles. The van der Waals surface area contributed by atoms with Crippen LogP contribution in [0.4, 0.5) is 4.79 Å². The molecule has 0 bridgehead atoms. The van der Waals surface area contributed by atoms with Crippen LogP contribution in [0.2, 0.25) is 18.1 Å². The molecule has 1 amide bonds. The second-order valence-corrected chi connectivity index (χ2v) is 15.4. The Morgan fingerprint density at radius 2 is 2.10 bits per heavy atom. The highest BCUT2D eigenvalue weighted by Gasteiger charge is 2.43. The molecule has 0 saturated carbocycles. The van der Waals surface area contributed by atoms with Gasteiger partial charge < -0.3 is 19.0 Å². The minimum absolute atomic E-state index is 0.0237. The number of hydrogen-bond acceptors (Lipinski definition) is 3. The molecule has 2 atom stereocenters. The Bertz CT molecular complexity index is 893. The molecule has 166 valence electrons. The predicted octanol–water partition coefficient (Wildman–Crippen LogP) is 6.11. The molecule has 8 heteroatoms. The zero-order valence-electron chi connectivity index (χ0n) is 18.7. The largest absolute Gasteiger partial charge is 0.465 e. The van der Waals surface area contributed by atoms with Crippen LogP contribution in [-0.2, 0) is 11.0 Å². The van der Waals surface area contributed by atoms with Crippen molar-refractivity contribution in [2.45, 2.75) is 83.3 Å². The summed E-state index contributed by atoms with van der Waals surface area (Å²) in [7, 11) is -1.97. The lowest BCUT2D eigenvalue weighted by Crippen LogP contribution is -2.55. The number of carbonyl (C=O) groups is 1. The lowest BCUT2D eigenvalue weighted by atomic mass is 9.95. The normalized spacial score (nSPS) is 20.7. The van der Waals surface area contributed by atoms with Gasteiger partial charge in [0.2, 0.25) is 0 Å². The number of likely N-dealkylation sites (tertiary alicyclic amines) is 1. The van der Waals surface area contributed by atoms with Crippen LogP contribution in [0.25, 0.3) is 11.0 Å². The van der Waals surface area contributed by atoms with Crippen LogP contribution in [0.1, 0.15) is 46.5 Å². The maximum Gasteiger partial charge on any atom is 0.407 e. The van der Waals surface area contributed by atoms with Crippen molar-refractivity contribution in [1.29, 1.82) is 0 Å². The van der Waals surface area contributed by atoms with E-state index in [9.17, 15) is 9.90 Å². The third-order valence-electron chi connectivity index (χ3n) is 6.72. The Labute approximate surface area is 188 Å². The van der Waals surface area contributed by atoms with Crippen LogP contribution in [0.15, 0.2) is 29.0 Å². The number of nitrogens with zero attached hydrogens (tertiary/aromatic N) is 3. The monoisotopic (exact) mass is 495 g/mol. The second-order valence-electron chi connectivity index (χ2n) is 9.79. The molecule has 0 unspecified atom stereocenters. The van der Waals surface area contributed by atoms with E-state index in [2.05, 4.69) is 65.4 Å². The van der Waals surface area contributed by atoms with Crippen molar-refractivity contribution in [3.63, 3.8) is 0 Å². The standard InChI is InChI=1S/C22H34BrN3O3Si/c1-22(2,3)30(4,5)29-19-12-8-14-26(21(27)28)17(19)11-7-13-25-15-24-20-16(23)9-6-10-18(20)25/h6,9-10,15,17,19H,7-8,11-14H2,1-5H3,(H,27,28)/t17-,19+/m1/s1. The molecule has 1 aromatic heterocycles. The molecule has 0 radical (unpaired) electrons. The number of amides is 1. The van der Waals surface area contributed by atoms with Gasteiger partial charge in [0.05, 0.1) is 24.0 Å². The molecule has 1 aliphatic heterocycles. The second kappa shape index (κ2) is 9.00. The summed E-state index contributed by atoms with van der Waals surface area (Å²) >= 11 is 3.56. The number of aromatic nitrogens is 2. The summed E-state index contributed by atoms with van der Waals surface area (Å²) in [6, 6.07) is 5.99. The Balaban J connectivity index is 1.73. The fourth-order valence-corrected chi connectivity index (χ4v) is 5.84. The van der Waals surface area contributed by atoms with E-state index in [4.69, 9.17) is 4.43 Å². The third-order valence-corrected chi connectivity index (χ3v) is 11.9. The molecule has 1 aliphatic rings. The molecule has 3 rings (SSSR count). The zero-order chi connectivity index (χ0) is 22.1. The number of hydrogen-bond donors (Lipinski definition) is 1. The van der Waals surface area contributed by atoms with Crippen LogP contribution < -0.4 is 0 Å². The molecule has 0 spiro atoms. The van der Waals surface area contributed by atoms with E-state index in [1.807, 2.05) is 18.5 Å². The van der Waals surface area contributed by atoms with Gasteiger partial charge in [0, 0.05) is 17.6 Å². The minimum atomic E-state index is -1.97. The van der Waals surface area contributed by atoms with Crippen LogP contribution >= 0.6 is 15.9 Å². The van der Waals surface area contributed by atoms with Crippen LogP contribution in [-0.4, -0.2) is 52.7 Å². The number of rotatable bonds is 6. The Morgan fingerprint density at radius 1 is 1.37 bits per heavy atom. The van der Waals surface area contributed by atoms with Gasteiger partial charge in [-0.05, 0) is 71.9 Å². The van der Waals surface area contributed by atoms with Gasteiger partial charge in [-0.1, -0.05) is 26.8 Å². The van der Waals surface area contributed by atoms with Crippen molar-refractivity contribution in [3.8, 4) is 0 Å². The molecule has 1 N–H and O–H groups in total. The quantitative estimate of drug-likeness (QED) is 0.490. The highest BCUT2D eigenvalue weighted by Crippen LogP contribution is 2.39. The van der Waals surface area contributed by atoms with Crippen LogP contribution in [0.5, 0.6) is 0 Å². The van der Waals surface area contributed by atoms with Gasteiger partial charge in [-0.15, -0.1) is 0 Å². The SMILES string of the molecule is CC(C)(C)[Si](C)(C)O[C@H]1CCCN(C(=O)O)[C@@H]1CCCn1cnc2c(Br)cccc21. The van der Waals surface area contributed by atoms with Crippen molar-refractivity contribution in [1.82, 2.24) is 14.5 Å². The van der Waals surface area contributed by atoms with Crippen molar-refractivity contribution in [3.05, 3.63) is 29.0 Å². The van der Waals surface area contributed by atoms with Crippen LogP contribution in [0, 0.1) is 0 Å². The molecule has 2 aromatic rings. The van der Waals surface area contributed by atoms with Gasteiger partial charge in [-0.3, -0.25) is 0 Å². The fraction of sp³-hybridized carbons (Fsp3) is 0.636. The summed E-state index contributed by atoms with van der Waals surface area (Å²) < 4.78 is 9.86. The number of para-hydroxylation sites is 1. The first-order chi connectivity index (χ1) is 14.0. The molecule has 2 heterocycles. The number of halogens is 1. The van der Waals surface area contributed by atoms with Gasteiger partial charge in [0.1, 0.15) is 5.52 Å². The third kappa shape index (κ3) is 4.91. The molecule has 0 aliphatic carbocycles. The summed E-state index contributed by atoms with van der Waals surface area (Å²) in [4.78, 5) is 18.1. The van der Waals surface area contributed by atoms with Gasteiger partial charge >= 0.3 is 6.09 Å². The van der Waals surface area contributed by atoms with Gasteiger partial charge in [0.15, 0.2) is 8.32 Å². The Hall–Kier alpha value is -1.38. The molecular formula is C22H34BrN3O3Si. The van der Waals surface area contributed by atoms with Crippen molar-refractivity contribution < 1.29 is 14.3 Å². The number of carboxylic acid groups (broad SMARTS) is 1. The fourth-order valence-electron chi connectivity index (χ4n) is 4.00. The van der Waals surface area contributed by atoms with Gasteiger partial charge in [0.25, 0.3) is 0 Å². The van der Waals surface area contributed by atoms with E-state index in [1.165, 1.54) is 0 Å². The molecule has 1 aromatic carbocycles. The van der Waals surface area contributed by atoms with E-state index < -0.39 is 14.4 Å². The first kappa shape index (κ1) is 23.3. The molecule has 1 fully saturated rings. The number of aryl methyl sites for hydroxylation is 1. The van der Waals surface area contributed by atoms with Crippen molar-refractivity contribution >= 4 is 41.4 Å². The van der Waals surface area contributed by atoms with E-state index >= 15 is 0 Å². The van der Waals surface area contributed by atoms with Gasteiger partial charge in [-0.25, -0.2) is 9.78 Å². The average Bonchev–Trinajstić information content (AvgIpc) is 3.06. The molecular weight excluding hydrogens is 462 g/mol. The maximum absolute atomic E-state index is 11.9. The first-order valence-electron chi connectivity index (χ1n) is 10.8. The highest BCUT2D eigenvalue weighted by molar-refractivity contribution is 9.10. The summed E-state index contributed by atoms with van der Waals surface area (Å²) in [5.41, 5.74) is 2.05. The lowest BCUT2D eigenvalue weighted by molar-refractivity contribution is 0.0181. The number of piperidine rings is 1. The average molecular weight is 497 g/mol. The van der Waals surface area contributed by atoms with E-state index in [-0.39, 0.29) is 17.2 Å². The van der Waals surface area contributed by atoms with E-state index in [0.717, 1.165) is 47.7 Å². The number of imidazole rings is 1. The van der Waals surface area contributed by atoms with E-state index in [1.54, 1.807) is 4.90 Å². The smallest absolute Gasteiger partial charge is 0.407 e. The van der Waals surface area contributed by atoms with Crippen LogP contribution in [0.3, 0.4) is 0 Å². The number of fused-ring (bicyclic) bond motifs is 1. The maximum atomic E-state index is 11.9. The predicted molar refractivity (Wildman–Crippen MR) is 126 cm³/mol. The summed E-state index contributed by atoms with van der Waals surface area (Å²) in [6.07, 6.45) is 4.48. The summed E-state index contributed by atoms with van der Waals surface area (Å²) in [5, 5.41) is 9.90.